The molecule has 1 aromatic heterocycles. The molecule has 0 amide bonds. The van der Waals surface area contributed by atoms with Crippen molar-refractivity contribution in [2.75, 3.05) is 0 Å². The Morgan fingerprint density at radius 3 is 2.81 bits per heavy atom. The number of hydrogen-bond donors (Lipinski definition) is 1. The van der Waals surface area contributed by atoms with Gasteiger partial charge in [-0.2, -0.15) is 5.10 Å². The summed E-state index contributed by atoms with van der Waals surface area (Å²) in [6, 6.07) is 4.69. The number of benzene rings is 1. The van der Waals surface area contributed by atoms with Crippen molar-refractivity contribution in [1.29, 1.82) is 0 Å². The Balaban J connectivity index is 2.40. The summed E-state index contributed by atoms with van der Waals surface area (Å²) in [5.41, 5.74) is 1.79. The van der Waals surface area contributed by atoms with Crippen molar-refractivity contribution < 1.29 is 9.50 Å². The second-order valence-corrected chi connectivity index (χ2v) is 3.87. The number of aliphatic hydroxyl groups excluding tert-OH is 1. The lowest BCUT2D eigenvalue weighted by Gasteiger charge is -2.10. The van der Waals surface area contributed by atoms with Crippen molar-refractivity contribution in [3.05, 3.63) is 53.1 Å². The first-order valence-corrected chi connectivity index (χ1v) is 5.00. The van der Waals surface area contributed by atoms with E-state index in [1.165, 1.54) is 12.3 Å². The molecule has 0 aliphatic rings. The summed E-state index contributed by atoms with van der Waals surface area (Å²) in [5, 5.41) is 14.0. The molecule has 0 aliphatic heterocycles. The summed E-state index contributed by atoms with van der Waals surface area (Å²) in [6.07, 6.45) is 2.24. The van der Waals surface area contributed by atoms with Gasteiger partial charge < -0.3 is 5.11 Å². The second kappa shape index (κ2) is 4.06. The van der Waals surface area contributed by atoms with E-state index >= 15 is 0 Å². The number of nitrogens with zero attached hydrogens (tertiary/aromatic N) is 2. The fraction of sp³-hybridized carbons (Fsp3) is 0.250. The maximum absolute atomic E-state index is 13.5. The molecule has 0 spiro atoms. The summed E-state index contributed by atoms with van der Waals surface area (Å²) >= 11 is 0. The normalized spacial score (nSPS) is 12.8. The highest BCUT2D eigenvalue weighted by molar-refractivity contribution is 5.31. The third kappa shape index (κ3) is 1.97. The van der Waals surface area contributed by atoms with E-state index in [-0.39, 0.29) is 5.56 Å². The maximum atomic E-state index is 13.5. The molecule has 1 atom stereocenters. The molecule has 3 nitrogen and oxygen atoms in total. The fourth-order valence-corrected chi connectivity index (χ4v) is 1.63. The first-order chi connectivity index (χ1) is 7.58. The minimum absolute atomic E-state index is 0.285. The quantitative estimate of drug-likeness (QED) is 0.840. The molecule has 0 saturated carbocycles. The molecule has 0 saturated heterocycles. The van der Waals surface area contributed by atoms with Crippen LogP contribution in [0.4, 0.5) is 4.39 Å². The smallest absolute Gasteiger partial charge is 0.129 e. The van der Waals surface area contributed by atoms with Gasteiger partial charge in [-0.1, -0.05) is 17.7 Å². The molecule has 4 heteroatoms. The van der Waals surface area contributed by atoms with Crippen LogP contribution in [0.15, 0.2) is 30.6 Å². The van der Waals surface area contributed by atoms with E-state index in [2.05, 4.69) is 5.10 Å². The van der Waals surface area contributed by atoms with Crippen LogP contribution in [-0.4, -0.2) is 14.9 Å². The Morgan fingerprint density at radius 2 is 2.19 bits per heavy atom. The van der Waals surface area contributed by atoms with Crippen LogP contribution in [0.2, 0.25) is 0 Å². The standard InChI is InChI=1S/C12H13FN2O/c1-8-3-4-11(13)10(5-8)12(16)9-6-14-15(2)7-9/h3-7,12,16H,1-2H3. The summed E-state index contributed by atoms with van der Waals surface area (Å²) < 4.78 is 15.1. The van der Waals surface area contributed by atoms with Gasteiger partial charge in [-0.15, -0.1) is 0 Å². The number of aliphatic hydroxyl groups is 1. The third-order valence-electron chi connectivity index (χ3n) is 2.49. The molecule has 1 N–H and O–H groups in total. The van der Waals surface area contributed by atoms with Gasteiger partial charge in [0.2, 0.25) is 0 Å². The molecule has 0 fully saturated rings. The molecule has 2 aromatic rings. The maximum Gasteiger partial charge on any atom is 0.129 e. The summed E-state index contributed by atoms with van der Waals surface area (Å²) in [7, 11) is 1.75. The molecule has 16 heavy (non-hydrogen) atoms. The lowest BCUT2D eigenvalue weighted by atomic mass is 10.0. The summed E-state index contributed by atoms with van der Waals surface area (Å²) in [4.78, 5) is 0. The van der Waals surface area contributed by atoms with Crippen LogP contribution in [0, 0.1) is 12.7 Å². The number of aromatic nitrogens is 2. The van der Waals surface area contributed by atoms with Gasteiger partial charge in [0.15, 0.2) is 0 Å². The fourth-order valence-electron chi connectivity index (χ4n) is 1.63. The van der Waals surface area contributed by atoms with Gasteiger partial charge >= 0.3 is 0 Å². The Labute approximate surface area is 93.2 Å². The molecule has 1 aromatic carbocycles. The van der Waals surface area contributed by atoms with Crippen LogP contribution in [-0.2, 0) is 7.05 Å². The zero-order valence-electron chi connectivity index (χ0n) is 9.18. The minimum atomic E-state index is -0.964. The molecule has 84 valence electrons. The molecule has 2 rings (SSSR count). The zero-order chi connectivity index (χ0) is 11.7. The van der Waals surface area contributed by atoms with Crippen molar-refractivity contribution in [3.63, 3.8) is 0 Å². The second-order valence-electron chi connectivity index (χ2n) is 3.87. The molecular formula is C12H13FN2O. The molecule has 0 radical (unpaired) electrons. The lowest BCUT2D eigenvalue weighted by molar-refractivity contribution is 0.215. The Hall–Kier alpha value is -1.68. The van der Waals surface area contributed by atoms with E-state index in [4.69, 9.17) is 0 Å². The third-order valence-corrected chi connectivity index (χ3v) is 2.49. The first kappa shape index (κ1) is 10.8. The van der Waals surface area contributed by atoms with Gasteiger partial charge in [-0.25, -0.2) is 4.39 Å². The SMILES string of the molecule is Cc1ccc(F)c(C(O)c2cnn(C)c2)c1. The summed E-state index contributed by atoms with van der Waals surface area (Å²) in [6.45, 7) is 1.86. The minimum Gasteiger partial charge on any atom is -0.383 e. The highest BCUT2D eigenvalue weighted by Gasteiger charge is 2.16. The molecule has 0 bridgehead atoms. The van der Waals surface area contributed by atoms with Gasteiger partial charge in [-0.3, -0.25) is 4.68 Å². The monoisotopic (exact) mass is 220 g/mol. The Morgan fingerprint density at radius 1 is 1.44 bits per heavy atom. The van der Waals surface area contributed by atoms with Crippen molar-refractivity contribution in [3.8, 4) is 0 Å². The highest BCUT2D eigenvalue weighted by Crippen LogP contribution is 2.24. The van der Waals surface area contributed by atoms with Crippen LogP contribution in [0.1, 0.15) is 22.8 Å². The van der Waals surface area contributed by atoms with Crippen LogP contribution < -0.4 is 0 Å². The van der Waals surface area contributed by atoms with E-state index in [0.29, 0.717) is 5.56 Å². The number of hydrogen-bond acceptors (Lipinski definition) is 2. The van der Waals surface area contributed by atoms with E-state index in [9.17, 15) is 9.50 Å². The van der Waals surface area contributed by atoms with Crippen molar-refractivity contribution in [2.45, 2.75) is 13.0 Å². The van der Waals surface area contributed by atoms with Crippen molar-refractivity contribution >= 4 is 0 Å². The van der Waals surface area contributed by atoms with Gasteiger partial charge in [0.05, 0.1) is 6.20 Å². The average Bonchev–Trinajstić information content (AvgIpc) is 2.67. The Kier molecular flexibility index (Phi) is 2.75. The van der Waals surface area contributed by atoms with E-state index < -0.39 is 11.9 Å². The zero-order valence-corrected chi connectivity index (χ0v) is 9.18. The van der Waals surface area contributed by atoms with Gasteiger partial charge in [0, 0.05) is 24.4 Å². The van der Waals surface area contributed by atoms with Crippen LogP contribution in [0.5, 0.6) is 0 Å². The first-order valence-electron chi connectivity index (χ1n) is 5.00. The predicted molar refractivity (Wildman–Crippen MR) is 58.4 cm³/mol. The van der Waals surface area contributed by atoms with Crippen LogP contribution >= 0.6 is 0 Å². The largest absolute Gasteiger partial charge is 0.383 e. The molecule has 0 aliphatic carbocycles. The highest BCUT2D eigenvalue weighted by atomic mass is 19.1. The Bertz CT molecular complexity index is 507. The molecule has 1 heterocycles. The van der Waals surface area contributed by atoms with Gasteiger partial charge in [-0.05, 0) is 13.0 Å². The van der Waals surface area contributed by atoms with Crippen molar-refractivity contribution in [2.24, 2.45) is 7.05 Å². The van der Waals surface area contributed by atoms with Crippen molar-refractivity contribution in [1.82, 2.24) is 9.78 Å². The van der Waals surface area contributed by atoms with E-state index in [1.54, 1.807) is 30.1 Å². The van der Waals surface area contributed by atoms with Crippen LogP contribution in [0.3, 0.4) is 0 Å². The summed E-state index contributed by atoms with van der Waals surface area (Å²) in [5.74, 6) is -0.401. The number of aryl methyl sites for hydroxylation is 2. The van der Waals surface area contributed by atoms with E-state index in [0.717, 1.165) is 5.56 Å². The van der Waals surface area contributed by atoms with Gasteiger partial charge in [0.1, 0.15) is 11.9 Å². The average molecular weight is 220 g/mol. The lowest BCUT2D eigenvalue weighted by Crippen LogP contribution is -2.02. The molecule has 1 unspecified atom stereocenters. The van der Waals surface area contributed by atoms with Crippen LogP contribution in [0.25, 0.3) is 0 Å². The number of rotatable bonds is 2. The predicted octanol–water partition coefficient (Wildman–Crippen LogP) is 1.95. The number of halogens is 1. The topological polar surface area (TPSA) is 38.1 Å². The van der Waals surface area contributed by atoms with E-state index in [1.807, 2.05) is 6.92 Å². The molecular weight excluding hydrogens is 207 g/mol. The van der Waals surface area contributed by atoms with Gasteiger partial charge in [0.25, 0.3) is 0 Å².